The molecule has 0 saturated carbocycles. The van der Waals surface area contributed by atoms with Crippen molar-refractivity contribution in [2.75, 3.05) is 13.7 Å². The van der Waals surface area contributed by atoms with Crippen molar-refractivity contribution in [2.24, 2.45) is 0 Å². The molecule has 2 aromatic rings. The van der Waals surface area contributed by atoms with E-state index in [4.69, 9.17) is 24.1 Å². The van der Waals surface area contributed by atoms with Crippen LogP contribution in [0.4, 0.5) is 0 Å². The Kier molecular flexibility index (Phi) is 14.0. The van der Waals surface area contributed by atoms with Crippen LogP contribution in [0.2, 0.25) is 0 Å². The Morgan fingerprint density at radius 3 is 2.35 bits per heavy atom. The fraction of sp³-hybridized carbons (Fsp3) is 0.407. The number of hydrogen-bond acceptors (Lipinski definition) is 9. The molecule has 0 saturated heterocycles. The third-order valence-corrected chi connectivity index (χ3v) is 4.69. The average molecular weight is 517 g/mol. The van der Waals surface area contributed by atoms with E-state index in [9.17, 15) is 14.4 Å². The van der Waals surface area contributed by atoms with Gasteiger partial charge in [-0.1, -0.05) is 31.2 Å². The van der Waals surface area contributed by atoms with E-state index in [1.165, 1.54) is 33.2 Å². The molecular formula is C27H36N2O8. The van der Waals surface area contributed by atoms with E-state index in [2.05, 4.69) is 16.9 Å². The summed E-state index contributed by atoms with van der Waals surface area (Å²) in [6, 6.07) is 9.20. The third-order valence-electron chi connectivity index (χ3n) is 4.69. The van der Waals surface area contributed by atoms with Gasteiger partial charge in [0.1, 0.15) is 17.9 Å². The zero-order valence-electron chi connectivity index (χ0n) is 21.9. The van der Waals surface area contributed by atoms with Crippen LogP contribution in [0.25, 0.3) is 0 Å². The number of nitrogens with zero attached hydrogens (tertiary/aromatic N) is 1. The molecule has 1 aromatic heterocycles. The Morgan fingerprint density at radius 1 is 1.16 bits per heavy atom. The number of aromatic nitrogens is 1. The minimum atomic E-state index is -0.961. The lowest BCUT2D eigenvalue weighted by molar-refractivity contribution is -0.151. The fourth-order valence-corrected chi connectivity index (χ4v) is 2.92. The Hall–Kier alpha value is -3.92. The number of amides is 1. The number of phenols is 1. The van der Waals surface area contributed by atoms with Crippen LogP contribution in [0, 0.1) is 0 Å². The number of carbonyl (C=O) groups is 3. The maximum atomic E-state index is 12.6. The van der Waals surface area contributed by atoms with Gasteiger partial charge >= 0.3 is 11.9 Å². The van der Waals surface area contributed by atoms with Crippen LogP contribution in [-0.4, -0.2) is 59.9 Å². The molecule has 0 aliphatic rings. The van der Waals surface area contributed by atoms with Crippen molar-refractivity contribution in [3.63, 3.8) is 0 Å². The number of para-hydroxylation sites is 1. The first-order valence-electron chi connectivity index (χ1n) is 11.8. The van der Waals surface area contributed by atoms with E-state index in [0.29, 0.717) is 18.8 Å². The Labute approximate surface area is 217 Å². The minimum absolute atomic E-state index is 0.124. The highest BCUT2D eigenvalue weighted by atomic mass is 16.6. The zero-order valence-corrected chi connectivity index (χ0v) is 21.9. The molecule has 0 fully saturated rings. The molecule has 0 spiro atoms. The fourth-order valence-electron chi connectivity index (χ4n) is 2.92. The maximum Gasteiger partial charge on any atom is 0.328 e. The van der Waals surface area contributed by atoms with Crippen LogP contribution in [-0.2, 0) is 19.1 Å². The molecule has 37 heavy (non-hydrogen) atoms. The topological polar surface area (TPSA) is 133 Å². The van der Waals surface area contributed by atoms with Gasteiger partial charge in [-0.3, -0.25) is 9.59 Å². The van der Waals surface area contributed by atoms with Crippen molar-refractivity contribution in [1.82, 2.24) is 10.3 Å². The molecule has 202 valence electrons. The highest BCUT2D eigenvalue weighted by Crippen LogP contribution is 2.29. The smallest absolute Gasteiger partial charge is 0.328 e. The molecule has 2 N–H and O–H groups in total. The van der Waals surface area contributed by atoms with E-state index in [1.54, 1.807) is 37.3 Å². The normalized spacial score (nSPS) is 12.6. The first-order valence-corrected chi connectivity index (χ1v) is 11.8. The predicted octanol–water partition coefficient (Wildman–Crippen LogP) is 3.83. The molecule has 10 nitrogen and oxygen atoms in total. The lowest BCUT2D eigenvalue weighted by Crippen LogP contribution is -2.41. The minimum Gasteiger partial charge on any atom is -0.508 e. The molecule has 2 unspecified atom stereocenters. The van der Waals surface area contributed by atoms with Crippen molar-refractivity contribution in [2.45, 2.75) is 58.8 Å². The molecular weight excluding hydrogens is 480 g/mol. The van der Waals surface area contributed by atoms with Gasteiger partial charge < -0.3 is 29.4 Å². The number of pyridine rings is 1. The molecule has 10 heteroatoms. The second-order valence-electron chi connectivity index (χ2n) is 7.94. The van der Waals surface area contributed by atoms with E-state index < -0.39 is 30.0 Å². The second-order valence-corrected chi connectivity index (χ2v) is 7.94. The van der Waals surface area contributed by atoms with E-state index in [1.807, 2.05) is 13.0 Å². The van der Waals surface area contributed by atoms with Crippen molar-refractivity contribution in [3.05, 3.63) is 60.9 Å². The number of rotatable bonds is 12. The second kappa shape index (κ2) is 16.7. The summed E-state index contributed by atoms with van der Waals surface area (Å²) < 4.78 is 21.2. The highest BCUT2D eigenvalue weighted by Gasteiger charge is 2.25. The molecule has 0 aliphatic heterocycles. The van der Waals surface area contributed by atoms with Crippen molar-refractivity contribution >= 4 is 17.8 Å². The molecule has 2 rings (SSSR count). The lowest BCUT2D eigenvalue weighted by atomic mass is 10.1. The Bertz CT molecular complexity index is 1010. The monoisotopic (exact) mass is 516 g/mol. The molecule has 3 atom stereocenters. The first kappa shape index (κ1) is 31.1. The Morgan fingerprint density at radius 2 is 1.84 bits per heavy atom. The summed E-state index contributed by atoms with van der Waals surface area (Å²) in [5.41, 5.74) is -0.183. The van der Waals surface area contributed by atoms with Gasteiger partial charge in [-0.25, -0.2) is 9.78 Å². The van der Waals surface area contributed by atoms with Crippen LogP contribution in [0.5, 0.6) is 17.2 Å². The standard InChI is InChI=1S/C21H30N2O7.C6H6O/c1-7-11-28-16(8-2)12-13(3)29-21(26)14(4)23-20(25)18-19(30-15(5)24)17(27-6)9-10-22-18;7-6-4-2-1-3-5-6/h8-10,13-14,16H,2,7,11-12H2,1,3-6H3,(H,23,25);1-5,7H/t13?,14-,16?;/m0./s1. The SMILES string of the molecule is C=CC(CC(C)OC(=O)[C@H](C)NC(=O)c1nccc(OC)c1OC(C)=O)OCCC.Oc1ccccc1. The number of ether oxygens (including phenoxy) is 4. The summed E-state index contributed by atoms with van der Waals surface area (Å²) in [5.74, 6) is -1.61. The number of carbonyl (C=O) groups excluding carboxylic acids is 3. The summed E-state index contributed by atoms with van der Waals surface area (Å²) >= 11 is 0. The summed E-state index contributed by atoms with van der Waals surface area (Å²) in [6.07, 6.45) is 3.64. The zero-order chi connectivity index (χ0) is 27.8. The van der Waals surface area contributed by atoms with Crippen LogP contribution in [0.1, 0.15) is 51.0 Å². The van der Waals surface area contributed by atoms with Crippen molar-refractivity contribution < 1.29 is 38.4 Å². The Balaban J connectivity index is 0.000000836. The first-order chi connectivity index (χ1) is 17.6. The number of hydrogen-bond donors (Lipinski definition) is 2. The van der Waals surface area contributed by atoms with Crippen LogP contribution < -0.4 is 14.8 Å². The van der Waals surface area contributed by atoms with Gasteiger partial charge in [0, 0.05) is 32.2 Å². The van der Waals surface area contributed by atoms with Gasteiger partial charge in [-0.2, -0.15) is 0 Å². The number of nitrogens with one attached hydrogen (secondary N) is 1. The molecule has 0 radical (unpaired) electrons. The summed E-state index contributed by atoms with van der Waals surface area (Å²) in [5, 5.41) is 11.1. The van der Waals surface area contributed by atoms with Gasteiger partial charge in [-0.05, 0) is 32.4 Å². The average Bonchev–Trinajstić information content (AvgIpc) is 2.86. The molecule has 0 aliphatic carbocycles. The number of esters is 2. The van der Waals surface area contributed by atoms with Gasteiger partial charge in [0.05, 0.1) is 13.2 Å². The quantitative estimate of drug-likeness (QED) is 0.319. The largest absolute Gasteiger partial charge is 0.508 e. The van der Waals surface area contributed by atoms with Crippen molar-refractivity contribution in [3.8, 4) is 17.2 Å². The number of benzene rings is 1. The highest BCUT2D eigenvalue weighted by molar-refractivity contribution is 5.98. The molecule has 1 amide bonds. The van der Waals surface area contributed by atoms with E-state index in [0.717, 1.165) is 6.42 Å². The maximum absolute atomic E-state index is 12.6. The van der Waals surface area contributed by atoms with Gasteiger partial charge in [-0.15, -0.1) is 6.58 Å². The molecule has 1 heterocycles. The third kappa shape index (κ3) is 11.6. The van der Waals surface area contributed by atoms with Crippen molar-refractivity contribution in [1.29, 1.82) is 0 Å². The summed E-state index contributed by atoms with van der Waals surface area (Å²) in [4.78, 5) is 40.3. The number of aromatic hydroxyl groups is 1. The van der Waals surface area contributed by atoms with Gasteiger partial charge in [0.2, 0.25) is 5.75 Å². The summed E-state index contributed by atoms with van der Waals surface area (Å²) in [7, 11) is 1.37. The number of phenolic OH excluding ortho intramolecular Hbond substituents is 1. The van der Waals surface area contributed by atoms with E-state index >= 15 is 0 Å². The van der Waals surface area contributed by atoms with E-state index in [-0.39, 0.29) is 23.3 Å². The van der Waals surface area contributed by atoms with Crippen LogP contribution >= 0.6 is 0 Å². The van der Waals surface area contributed by atoms with Gasteiger partial charge in [0.15, 0.2) is 11.4 Å². The molecule has 1 aromatic carbocycles. The predicted molar refractivity (Wildman–Crippen MR) is 138 cm³/mol. The van der Waals surface area contributed by atoms with Gasteiger partial charge in [0.25, 0.3) is 5.91 Å². The number of methoxy groups -OCH3 is 1. The van der Waals surface area contributed by atoms with Crippen LogP contribution in [0.3, 0.4) is 0 Å². The lowest BCUT2D eigenvalue weighted by Gasteiger charge is -2.21. The molecule has 0 bridgehead atoms. The van der Waals surface area contributed by atoms with Crippen LogP contribution in [0.15, 0.2) is 55.3 Å². The summed E-state index contributed by atoms with van der Waals surface area (Å²) in [6.45, 7) is 10.7.